The summed E-state index contributed by atoms with van der Waals surface area (Å²) in [5, 5.41) is 7.15. The number of amides is 1. The second-order valence-electron chi connectivity index (χ2n) is 10.6. The molecule has 0 unspecified atom stereocenters. The number of rotatable bonds is 8. The molecule has 7 nitrogen and oxygen atoms in total. The largest absolute Gasteiger partial charge is 0.325 e. The van der Waals surface area contributed by atoms with Crippen LogP contribution in [0.4, 0.5) is 5.69 Å². The van der Waals surface area contributed by atoms with Crippen LogP contribution < -0.4 is 11.1 Å². The molecule has 0 aliphatic heterocycles. The van der Waals surface area contributed by atoms with Crippen LogP contribution in [0.3, 0.4) is 0 Å². The average Bonchev–Trinajstić information content (AvgIpc) is 3.38. The number of sulfonamides is 1. The summed E-state index contributed by atoms with van der Waals surface area (Å²) in [5.74, 6) is 0.207. The van der Waals surface area contributed by atoms with Gasteiger partial charge in [-0.2, -0.15) is 11.3 Å². The number of carbonyl (C=O) groups is 1. The number of thiophene rings is 1. The van der Waals surface area contributed by atoms with Crippen molar-refractivity contribution in [1.82, 2.24) is 9.29 Å². The van der Waals surface area contributed by atoms with Gasteiger partial charge < -0.3 is 11.1 Å². The molecule has 1 aliphatic rings. The van der Waals surface area contributed by atoms with Gasteiger partial charge in [0.15, 0.2) is 0 Å². The lowest BCUT2D eigenvalue weighted by Crippen LogP contribution is -2.39. The number of hydrogen-bond donors (Lipinski definition) is 2. The van der Waals surface area contributed by atoms with Crippen LogP contribution in [0.25, 0.3) is 22.4 Å². The Hall–Kier alpha value is -2.59. The summed E-state index contributed by atoms with van der Waals surface area (Å²) in [6, 6.07) is 12.2. The van der Waals surface area contributed by atoms with Crippen LogP contribution in [0.1, 0.15) is 51.5 Å². The van der Waals surface area contributed by atoms with E-state index >= 15 is 0 Å². The first-order valence-corrected chi connectivity index (χ1v) is 15.4. The minimum absolute atomic E-state index is 0.0178. The third kappa shape index (κ3) is 6.84. The molecule has 0 radical (unpaired) electrons. The van der Waals surface area contributed by atoms with Crippen molar-refractivity contribution >= 4 is 33.0 Å². The van der Waals surface area contributed by atoms with Crippen molar-refractivity contribution in [1.29, 1.82) is 0 Å². The number of nitrogens with zero attached hydrogens (tertiary/aromatic N) is 2. The molecule has 9 heteroatoms. The summed E-state index contributed by atoms with van der Waals surface area (Å²) < 4.78 is 25.1. The molecule has 198 valence electrons. The fourth-order valence-electron chi connectivity index (χ4n) is 4.92. The summed E-state index contributed by atoms with van der Waals surface area (Å²) in [6.45, 7) is 3.96. The molecule has 0 atom stereocenters. The molecule has 4 rings (SSSR count). The monoisotopic (exact) mass is 540 g/mol. The molecular formula is C28H36N4O3S2. The quantitative estimate of drug-likeness (QED) is 0.395. The first-order valence-electron chi connectivity index (χ1n) is 12.6. The van der Waals surface area contributed by atoms with Crippen LogP contribution >= 0.6 is 11.3 Å². The summed E-state index contributed by atoms with van der Waals surface area (Å²) in [5.41, 5.74) is 11.4. The van der Waals surface area contributed by atoms with Gasteiger partial charge >= 0.3 is 0 Å². The van der Waals surface area contributed by atoms with Crippen molar-refractivity contribution in [3.05, 3.63) is 58.9 Å². The zero-order chi connectivity index (χ0) is 26.8. The van der Waals surface area contributed by atoms with Crippen molar-refractivity contribution in [2.75, 3.05) is 18.6 Å². The van der Waals surface area contributed by atoms with Crippen LogP contribution in [0, 0.1) is 5.92 Å². The molecule has 1 amide bonds. The highest BCUT2D eigenvalue weighted by Gasteiger charge is 2.29. The van der Waals surface area contributed by atoms with Crippen molar-refractivity contribution in [2.45, 2.75) is 57.5 Å². The van der Waals surface area contributed by atoms with E-state index in [1.807, 2.05) is 49.6 Å². The first-order chi connectivity index (χ1) is 17.4. The van der Waals surface area contributed by atoms with Gasteiger partial charge in [-0.3, -0.25) is 9.78 Å². The van der Waals surface area contributed by atoms with Gasteiger partial charge in [0.1, 0.15) is 0 Å². The van der Waals surface area contributed by atoms with Crippen LogP contribution in [0.2, 0.25) is 0 Å². The van der Waals surface area contributed by atoms with E-state index in [-0.39, 0.29) is 17.9 Å². The molecular weight excluding hydrogens is 504 g/mol. The molecule has 0 saturated heterocycles. The topological polar surface area (TPSA) is 105 Å². The number of aromatic nitrogens is 1. The lowest BCUT2D eigenvalue weighted by atomic mass is 9.84. The predicted molar refractivity (Wildman–Crippen MR) is 152 cm³/mol. The van der Waals surface area contributed by atoms with E-state index in [1.165, 1.54) is 10.6 Å². The Morgan fingerprint density at radius 2 is 1.81 bits per heavy atom. The van der Waals surface area contributed by atoms with E-state index in [9.17, 15) is 13.2 Å². The van der Waals surface area contributed by atoms with E-state index < -0.39 is 15.6 Å². The maximum Gasteiger partial charge on any atom is 0.224 e. The zero-order valence-electron chi connectivity index (χ0n) is 21.9. The Morgan fingerprint density at radius 3 is 2.38 bits per heavy atom. The van der Waals surface area contributed by atoms with Gasteiger partial charge in [-0.1, -0.05) is 24.3 Å². The minimum Gasteiger partial charge on any atom is -0.325 e. The smallest absolute Gasteiger partial charge is 0.224 e. The number of nitrogens with two attached hydrogens (primary N) is 1. The first kappa shape index (κ1) is 27.4. The van der Waals surface area contributed by atoms with Gasteiger partial charge in [-0.15, -0.1) is 0 Å². The SMILES string of the molecule is CN(C1CCC(CC(=O)Nc2cnc(-c3ccc(C(C)(C)N)cc3)c(-c3ccsc3)c2)CC1)S(C)(=O)=O. The van der Waals surface area contributed by atoms with E-state index in [0.29, 0.717) is 12.1 Å². The lowest BCUT2D eigenvalue weighted by molar-refractivity contribution is -0.117. The zero-order valence-corrected chi connectivity index (χ0v) is 23.5. The molecule has 2 heterocycles. The molecule has 1 fully saturated rings. The molecule has 1 aromatic carbocycles. The summed E-state index contributed by atoms with van der Waals surface area (Å²) in [6.07, 6.45) is 6.60. The molecule has 3 N–H and O–H groups in total. The third-order valence-corrected chi connectivity index (χ3v) is 9.26. The third-order valence-electron chi connectivity index (χ3n) is 7.23. The predicted octanol–water partition coefficient (Wildman–Crippen LogP) is 5.45. The number of nitrogens with one attached hydrogen (secondary N) is 1. The van der Waals surface area contributed by atoms with Crippen LogP contribution in [-0.2, 0) is 20.4 Å². The Labute approximate surface area is 224 Å². The minimum atomic E-state index is -3.20. The van der Waals surface area contributed by atoms with Gasteiger partial charge in [-0.05, 0) is 79.5 Å². The second-order valence-corrected chi connectivity index (χ2v) is 13.5. The molecule has 1 saturated carbocycles. The molecule has 3 aromatic rings. The van der Waals surface area contributed by atoms with Gasteiger partial charge in [0, 0.05) is 36.2 Å². The van der Waals surface area contributed by atoms with Crippen molar-refractivity contribution < 1.29 is 13.2 Å². The van der Waals surface area contributed by atoms with Crippen molar-refractivity contribution in [3.63, 3.8) is 0 Å². The molecule has 0 spiro atoms. The Kier molecular flexibility index (Phi) is 8.18. The maximum absolute atomic E-state index is 12.9. The number of carbonyl (C=O) groups excluding carboxylic acids is 1. The van der Waals surface area contributed by atoms with Crippen LogP contribution in [0.5, 0.6) is 0 Å². The highest BCUT2D eigenvalue weighted by Crippen LogP contribution is 2.35. The number of benzene rings is 1. The Balaban J connectivity index is 1.46. The number of anilines is 1. The average molecular weight is 541 g/mol. The summed E-state index contributed by atoms with van der Waals surface area (Å²) in [7, 11) is -1.56. The molecule has 1 aliphatic carbocycles. The number of pyridine rings is 1. The maximum atomic E-state index is 12.9. The summed E-state index contributed by atoms with van der Waals surface area (Å²) >= 11 is 1.62. The normalized spacial score (nSPS) is 18.6. The van der Waals surface area contributed by atoms with Gasteiger partial charge in [0.25, 0.3) is 0 Å². The molecule has 37 heavy (non-hydrogen) atoms. The lowest BCUT2D eigenvalue weighted by Gasteiger charge is -2.33. The standard InChI is InChI=1S/C28H36N4O3S2/c1-28(2,29)22-9-7-20(8-10-22)27-25(21-13-14-36-18-21)16-23(17-30-27)31-26(33)15-19-5-11-24(12-6-19)32(3)37(4,34)35/h7-10,13-14,16-19,24H,5-6,11-12,15,29H2,1-4H3,(H,31,33). The van der Waals surface area contributed by atoms with E-state index in [1.54, 1.807) is 24.6 Å². The highest BCUT2D eigenvalue weighted by atomic mass is 32.2. The summed E-state index contributed by atoms with van der Waals surface area (Å²) in [4.78, 5) is 17.6. The fraction of sp³-hybridized carbons (Fsp3) is 0.429. The van der Waals surface area contributed by atoms with Gasteiger partial charge in [0.2, 0.25) is 15.9 Å². The van der Waals surface area contributed by atoms with Gasteiger partial charge in [0.05, 0.1) is 23.8 Å². The van der Waals surface area contributed by atoms with Gasteiger partial charge in [-0.25, -0.2) is 12.7 Å². The Bertz CT molecular complexity index is 1320. The molecule has 2 aromatic heterocycles. The van der Waals surface area contributed by atoms with Crippen LogP contribution in [0.15, 0.2) is 53.4 Å². The van der Waals surface area contributed by atoms with E-state index in [2.05, 4.69) is 16.8 Å². The van der Waals surface area contributed by atoms with Crippen molar-refractivity contribution in [3.8, 4) is 22.4 Å². The van der Waals surface area contributed by atoms with E-state index in [4.69, 9.17) is 10.7 Å². The van der Waals surface area contributed by atoms with Crippen molar-refractivity contribution in [2.24, 2.45) is 11.7 Å². The molecule has 0 bridgehead atoms. The number of hydrogen-bond acceptors (Lipinski definition) is 6. The van der Waals surface area contributed by atoms with E-state index in [0.717, 1.165) is 53.6 Å². The van der Waals surface area contributed by atoms with Crippen LogP contribution in [-0.4, -0.2) is 43.0 Å². The highest BCUT2D eigenvalue weighted by molar-refractivity contribution is 7.88. The second kappa shape index (κ2) is 11.0. The Morgan fingerprint density at radius 1 is 1.14 bits per heavy atom. The fourth-order valence-corrected chi connectivity index (χ4v) is 6.32.